The van der Waals surface area contributed by atoms with Gasteiger partial charge in [0.2, 0.25) is 0 Å². The molecule has 1 fully saturated rings. The molecule has 1 unspecified atom stereocenters. The lowest BCUT2D eigenvalue weighted by Gasteiger charge is -2.34. The lowest BCUT2D eigenvalue weighted by atomic mass is 10.1. The molecule has 0 radical (unpaired) electrons. The molecule has 2 aromatic carbocycles. The molecular weight excluding hydrogens is 399 g/mol. The van der Waals surface area contributed by atoms with E-state index in [0.29, 0.717) is 25.5 Å². The molecule has 4 rings (SSSR count). The maximum Gasteiger partial charge on any atom is 0.410 e. The van der Waals surface area contributed by atoms with Crippen molar-refractivity contribution in [1.29, 1.82) is 0 Å². The van der Waals surface area contributed by atoms with Gasteiger partial charge in [0.05, 0.1) is 18.8 Å². The van der Waals surface area contributed by atoms with Crippen molar-refractivity contribution in [3.8, 4) is 17.1 Å². The highest BCUT2D eigenvalue weighted by Gasteiger charge is 2.28. The summed E-state index contributed by atoms with van der Waals surface area (Å²) in [6, 6.07) is 13.8. The maximum absolute atomic E-state index is 13.1. The van der Waals surface area contributed by atoms with Crippen LogP contribution in [0, 0.1) is 5.82 Å². The summed E-state index contributed by atoms with van der Waals surface area (Å²) < 4.78 is 26.1. The van der Waals surface area contributed by atoms with Crippen molar-refractivity contribution >= 4 is 6.09 Å². The summed E-state index contributed by atoms with van der Waals surface area (Å²) in [4.78, 5) is 18.4. The first-order valence-corrected chi connectivity index (χ1v) is 10.2. The minimum Gasteiger partial charge on any atom is -0.444 e. The number of ether oxygens (including phenoxy) is 2. The Morgan fingerprint density at radius 1 is 1.13 bits per heavy atom. The molecule has 1 aliphatic heterocycles. The smallest absolute Gasteiger partial charge is 0.410 e. The highest BCUT2D eigenvalue weighted by Crippen LogP contribution is 2.25. The number of morpholine rings is 1. The monoisotopic (exact) mass is 424 g/mol. The van der Waals surface area contributed by atoms with Crippen LogP contribution in [0.5, 0.6) is 0 Å². The summed E-state index contributed by atoms with van der Waals surface area (Å²) in [6.07, 6.45) is 1.07. The first kappa shape index (κ1) is 21.0. The molecule has 1 saturated heterocycles. The molecule has 31 heavy (non-hydrogen) atoms. The van der Waals surface area contributed by atoms with E-state index < -0.39 is 5.60 Å². The Balaban J connectivity index is 1.45. The van der Waals surface area contributed by atoms with E-state index in [2.05, 4.69) is 10.1 Å². The van der Waals surface area contributed by atoms with E-state index in [1.807, 2.05) is 45.0 Å². The fourth-order valence-electron chi connectivity index (χ4n) is 3.30. The maximum atomic E-state index is 13.1. The number of carbonyl (C=O) groups is 1. The standard InChI is InChI=1S/C23H25FN4O3/c1-23(2,3)31-22(29)27-12-13-30-20(14-27)16-6-10-19(11-7-16)28-15-25-21(26-28)17-4-8-18(24)9-5-17/h4-11,15,20H,12-14H2,1-3H3. The van der Waals surface area contributed by atoms with E-state index >= 15 is 0 Å². The van der Waals surface area contributed by atoms with Crippen LogP contribution >= 0.6 is 0 Å². The second-order valence-electron chi connectivity index (χ2n) is 8.40. The van der Waals surface area contributed by atoms with Crippen molar-refractivity contribution in [3.05, 3.63) is 66.2 Å². The lowest BCUT2D eigenvalue weighted by Crippen LogP contribution is -2.44. The number of rotatable bonds is 3. The van der Waals surface area contributed by atoms with Gasteiger partial charge in [0.25, 0.3) is 0 Å². The van der Waals surface area contributed by atoms with Crippen molar-refractivity contribution in [2.75, 3.05) is 19.7 Å². The zero-order chi connectivity index (χ0) is 22.0. The average molecular weight is 424 g/mol. The van der Waals surface area contributed by atoms with E-state index in [1.54, 1.807) is 28.0 Å². The summed E-state index contributed by atoms with van der Waals surface area (Å²) in [5, 5.41) is 4.47. The molecule has 0 bridgehead atoms. The van der Waals surface area contributed by atoms with Crippen LogP contribution in [0.3, 0.4) is 0 Å². The van der Waals surface area contributed by atoms with Crippen LogP contribution in [0.15, 0.2) is 54.9 Å². The molecule has 3 aromatic rings. The Kier molecular flexibility index (Phi) is 5.73. The Labute approximate surface area is 180 Å². The molecular formula is C23H25FN4O3. The van der Waals surface area contributed by atoms with Gasteiger partial charge in [0, 0.05) is 12.1 Å². The molecule has 0 aliphatic carbocycles. The normalized spacial score (nSPS) is 16.9. The SMILES string of the molecule is CC(C)(C)OC(=O)N1CCOC(c2ccc(-n3cnc(-c4ccc(F)cc4)n3)cc2)C1. The van der Waals surface area contributed by atoms with Gasteiger partial charge in [-0.1, -0.05) is 12.1 Å². The van der Waals surface area contributed by atoms with Gasteiger partial charge in [-0.3, -0.25) is 0 Å². The number of amides is 1. The van der Waals surface area contributed by atoms with Gasteiger partial charge in [-0.2, -0.15) is 0 Å². The van der Waals surface area contributed by atoms with Crippen molar-refractivity contribution < 1.29 is 18.7 Å². The molecule has 0 saturated carbocycles. The second-order valence-corrected chi connectivity index (χ2v) is 8.40. The van der Waals surface area contributed by atoms with Gasteiger partial charge in [0.15, 0.2) is 5.82 Å². The summed E-state index contributed by atoms with van der Waals surface area (Å²) in [6.45, 7) is 6.96. The highest BCUT2D eigenvalue weighted by atomic mass is 19.1. The Morgan fingerprint density at radius 3 is 2.52 bits per heavy atom. The number of halogens is 1. The number of hydrogen-bond acceptors (Lipinski definition) is 5. The summed E-state index contributed by atoms with van der Waals surface area (Å²) in [5.74, 6) is 0.224. The van der Waals surface area contributed by atoms with Crippen molar-refractivity contribution in [2.45, 2.75) is 32.5 Å². The molecule has 0 spiro atoms. The van der Waals surface area contributed by atoms with E-state index in [4.69, 9.17) is 9.47 Å². The molecule has 1 aromatic heterocycles. The highest BCUT2D eigenvalue weighted by molar-refractivity contribution is 5.68. The van der Waals surface area contributed by atoms with Gasteiger partial charge in [0.1, 0.15) is 23.8 Å². The summed E-state index contributed by atoms with van der Waals surface area (Å²) >= 11 is 0. The van der Waals surface area contributed by atoms with Crippen LogP contribution in [0.25, 0.3) is 17.1 Å². The Morgan fingerprint density at radius 2 is 1.84 bits per heavy atom. The molecule has 7 nitrogen and oxygen atoms in total. The van der Waals surface area contributed by atoms with Crippen molar-refractivity contribution in [2.24, 2.45) is 0 Å². The molecule has 1 amide bonds. The van der Waals surface area contributed by atoms with Gasteiger partial charge in [-0.15, -0.1) is 5.10 Å². The Hall–Kier alpha value is -3.26. The minimum atomic E-state index is -0.531. The molecule has 162 valence electrons. The van der Waals surface area contributed by atoms with Crippen LogP contribution in [-0.4, -0.2) is 51.1 Å². The van der Waals surface area contributed by atoms with Gasteiger partial charge in [-0.25, -0.2) is 18.9 Å². The average Bonchev–Trinajstić information content (AvgIpc) is 3.23. The van der Waals surface area contributed by atoms with Crippen LogP contribution < -0.4 is 0 Å². The van der Waals surface area contributed by atoms with Crippen molar-refractivity contribution in [3.63, 3.8) is 0 Å². The number of carbonyl (C=O) groups excluding carboxylic acids is 1. The summed E-state index contributed by atoms with van der Waals surface area (Å²) in [7, 11) is 0. The third-order valence-electron chi connectivity index (χ3n) is 4.84. The predicted octanol–water partition coefficient (Wildman–Crippen LogP) is 4.38. The third-order valence-corrected chi connectivity index (χ3v) is 4.84. The van der Waals surface area contributed by atoms with Crippen LogP contribution in [0.4, 0.5) is 9.18 Å². The number of nitrogens with zero attached hydrogens (tertiary/aromatic N) is 4. The van der Waals surface area contributed by atoms with E-state index in [-0.39, 0.29) is 18.0 Å². The van der Waals surface area contributed by atoms with Crippen LogP contribution in [0.2, 0.25) is 0 Å². The largest absolute Gasteiger partial charge is 0.444 e. The number of aromatic nitrogens is 3. The second kappa shape index (κ2) is 8.47. The summed E-state index contributed by atoms with van der Waals surface area (Å²) in [5.41, 5.74) is 2.02. The molecule has 2 heterocycles. The predicted molar refractivity (Wildman–Crippen MR) is 113 cm³/mol. The van der Waals surface area contributed by atoms with Gasteiger partial charge < -0.3 is 14.4 Å². The quantitative estimate of drug-likeness (QED) is 0.624. The fraction of sp³-hybridized carbons (Fsp3) is 0.348. The van der Waals surface area contributed by atoms with Crippen LogP contribution in [0.1, 0.15) is 32.4 Å². The zero-order valence-corrected chi connectivity index (χ0v) is 17.8. The van der Waals surface area contributed by atoms with E-state index in [9.17, 15) is 9.18 Å². The van der Waals surface area contributed by atoms with Crippen LogP contribution in [-0.2, 0) is 9.47 Å². The lowest BCUT2D eigenvalue weighted by molar-refractivity contribution is -0.0432. The van der Waals surface area contributed by atoms with E-state index in [1.165, 1.54) is 12.1 Å². The third kappa shape index (κ3) is 5.08. The molecule has 0 N–H and O–H groups in total. The molecule has 8 heteroatoms. The van der Waals surface area contributed by atoms with E-state index in [0.717, 1.165) is 16.8 Å². The van der Waals surface area contributed by atoms with Gasteiger partial charge in [-0.05, 0) is 62.7 Å². The molecule has 1 atom stereocenters. The topological polar surface area (TPSA) is 69.5 Å². The fourth-order valence-corrected chi connectivity index (χ4v) is 3.30. The first-order chi connectivity index (χ1) is 14.8. The van der Waals surface area contributed by atoms with Crippen molar-refractivity contribution in [1.82, 2.24) is 19.7 Å². The first-order valence-electron chi connectivity index (χ1n) is 10.2. The minimum absolute atomic E-state index is 0.221. The number of benzene rings is 2. The van der Waals surface area contributed by atoms with Gasteiger partial charge >= 0.3 is 6.09 Å². The molecule has 1 aliphatic rings. The number of hydrogen-bond donors (Lipinski definition) is 0. The Bertz CT molecular complexity index is 1040. The zero-order valence-electron chi connectivity index (χ0n) is 17.8.